The fourth-order valence-electron chi connectivity index (χ4n) is 2.63. The Morgan fingerprint density at radius 2 is 1.86 bits per heavy atom. The summed E-state index contributed by atoms with van der Waals surface area (Å²) in [4.78, 5) is 2.40. The van der Waals surface area contributed by atoms with Gasteiger partial charge in [-0.2, -0.15) is 0 Å². The first-order chi connectivity index (χ1) is 9.15. The van der Waals surface area contributed by atoms with Crippen LogP contribution in [0.2, 0.25) is 10.0 Å². The first-order valence-corrected chi connectivity index (χ1v) is 7.52. The summed E-state index contributed by atoms with van der Waals surface area (Å²) < 4.78 is 0. The third kappa shape index (κ3) is 5.05. The molecule has 1 saturated heterocycles. The maximum atomic E-state index is 10.2. The monoisotopic (exact) mass is 374 g/mol. The molecule has 0 amide bonds. The van der Waals surface area contributed by atoms with Gasteiger partial charge in [0.1, 0.15) is 10.8 Å². The molecule has 3 nitrogen and oxygen atoms in total. The van der Waals surface area contributed by atoms with Gasteiger partial charge < -0.3 is 10.4 Å². The number of aromatic hydroxyl groups is 1. The highest BCUT2D eigenvalue weighted by atomic mass is 35.5. The van der Waals surface area contributed by atoms with Crippen LogP contribution in [-0.4, -0.2) is 36.2 Å². The number of rotatable bonds is 4. The van der Waals surface area contributed by atoms with Gasteiger partial charge in [0, 0.05) is 37.8 Å². The highest BCUT2D eigenvalue weighted by Crippen LogP contribution is 2.40. The Bertz CT molecular complexity index is 439. The number of phenols is 1. The van der Waals surface area contributed by atoms with Crippen LogP contribution in [0.25, 0.3) is 0 Å². The van der Waals surface area contributed by atoms with Crippen LogP contribution in [0, 0.1) is 0 Å². The van der Waals surface area contributed by atoms with Gasteiger partial charge in [0.25, 0.3) is 0 Å². The molecule has 0 spiro atoms. The van der Waals surface area contributed by atoms with Crippen LogP contribution < -0.4 is 5.32 Å². The lowest BCUT2D eigenvalue weighted by Gasteiger charge is -2.35. The minimum absolute atomic E-state index is 0. The molecule has 0 unspecified atom stereocenters. The molecule has 122 valence electrons. The van der Waals surface area contributed by atoms with E-state index in [4.69, 9.17) is 23.2 Å². The van der Waals surface area contributed by atoms with Crippen molar-refractivity contribution in [2.45, 2.75) is 25.8 Å². The van der Waals surface area contributed by atoms with E-state index in [1.165, 1.54) is 0 Å². The van der Waals surface area contributed by atoms with Crippen LogP contribution in [0.15, 0.2) is 12.1 Å². The van der Waals surface area contributed by atoms with Crippen molar-refractivity contribution in [2.24, 2.45) is 0 Å². The molecule has 0 saturated carbocycles. The van der Waals surface area contributed by atoms with Gasteiger partial charge in [-0.1, -0.05) is 42.6 Å². The van der Waals surface area contributed by atoms with Crippen LogP contribution in [0.1, 0.15) is 31.4 Å². The van der Waals surface area contributed by atoms with Crippen molar-refractivity contribution < 1.29 is 5.11 Å². The molecule has 1 aliphatic heterocycles. The number of nitrogens with zero attached hydrogens (tertiary/aromatic N) is 1. The maximum Gasteiger partial charge on any atom is 0.140 e. The highest BCUT2D eigenvalue weighted by Gasteiger charge is 2.25. The molecular formula is C14H22Cl4N2O. The van der Waals surface area contributed by atoms with Crippen molar-refractivity contribution in [1.82, 2.24) is 10.2 Å². The predicted octanol–water partition coefficient (Wildman–Crippen LogP) is 4.29. The molecule has 1 aliphatic rings. The SMILES string of the molecule is CCC[C@@H](c1ccc(Cl)c(Cl)c1O)N1CCNCC1.Cl.Cl. The van der Waals surface area contributed by atoms with E-state index in [9.17, 15) is 5.11 Å². The Balaban J connectivity index is 0.00000200. The highest BCUT2D eigenvalue weighted by molar-refractivity contribution is 6.43. The molecule has 0 aliphatic carbocycles. The summed E-state index contributed by atoms with van der Waals surface area (Å²) >= 11 is 12.0. The number of hydrogen-bond donors (Lipinski definition) is 2. The summed E-state index contributed by atoms with van der Waals surface area (Å²) in [7, 11) is 0. The molecule has 21 heavy (non-hydrogen) atoms. The average Bonchev–Trinajstić information content (AvgIpc) is 2.44. The largest absolute Gasteiger partial charge is 0.506 e. The van der Waals surface area contributed by atoms with Gasteiger partial charge in [0.15, 0.2) is 0 Å². The minimum atomic E-state index is 0. The topological polar surface area (TPSA) is 35.5 Å². The predicted molar refractivity (Wildman–Crippen MR) is 94.7 cm³/mol. The normalized spacial score (nSPS) is 16.7. The molecule has 0 radical (unpaired) electrons. The molecule has 1 heterocycles. The molecule has 1 atom stereocenters. The van der Waals surface area contributed by atoms with Gasteiger partial charge in [-0.15, -0.1) is 24.8 Å². The van der Waals surface area contributed by atoms with Crippen molar-refractivity contribution in [2.75, 3.05) is 26.2 Å². The van der Waals surface area contributed by atoms with E-state index in [1.807, 2.05) is 6.07 Å². The second kappa shape index (κ2) is 9.98. The number of nitrogens with one attached hydrogen (secondary N) is 1. The number of halogens is 4. The van der Waals surface area contributed by atoms with Gasteiger partial charge in [-0.25, -0.2) is 0 Å². The fourth-order valence-corrected chi connectivity index (χ4v) is 2.95. The molecular weight excluding hydrogens is 354 g/mol. The lowest BCUT2D eigenvalue weighted by atomic mass is 9.99. The third-order valence-electron chi connectivity index (χ3n) is 3.61. The second-order valence-electron chi connectivity index (χ2n) is 4.89. The van der Waals surface area contributed by atoms with E-state index in [0.717, 1.165) is 44.6 Å². The number of benzene rings is 1. The number of phenolic OH excluding ortho intramolecular Hbond substituents is 1. The smallest absolute Gasteiger partial charge is 0.140 e. The standard InChI is InChI=1S/C14H20Cl2N2O.2ClH/c1-2-3-12(18-8-6-17-7-9-18)10-4-5-11(15)13(16)14(10)19;;/h4-5,12,17,19H,2-3,6-9H2,1H3;2*1H/t12-;;/m0../s1. The summed E-state index contributed by atoms with van der Waals surface area (Å²) in [6, 6.07) is 3.87. The van der Waals surface area contributed by atoms with Crippen LogP contribution >= 0.6 is 48.0 Å². The Hall–Kier alpha value is 0.1000. The Morgan fingerprint density at radius 3 is 2.43 bits per heavy atom. The van der Waals surface area contributed by atoms with Crippen molar-refractivity contribution in [3.8, 4) is 5.75 Å². The molecule has 0 aromatic heterocycles. The zero-order chi connectivity index (χ0) is 13.8. The Kier molecular flexibility index (Phi) is 10.0. The summed E-state index contributed by atoms with van der Waals surface area (Å²) in [5.74, 6) is 0.131. The minimum Gasteiger partial charge on any atom is -0.506 e. The van der Waals surface area contributed by atoms with Crippen molar-refractivity contribution in [3.63, 3.8) is 0 Å². The first kappa shape index (κ1) is 21.1. The Labute approximate surface area is 148 Å². The summed E-state index contributed by atoms with van der Waals surface area (Å²) in [6.45, 7) is 6.11. The van der Waals surface area contributed by atoms with Gasteiger partial charge in [0.2, 0.25) is 0 Å². The molecule has 1 aromatic carbocycles. The van der Waals surface area contributed by atoms with E-state index in [2.05, 4.69) is 17.1 Å². The first-order valence-electron chi connectivity index (χ1n) is 6.76. The van der Waals surface area contributed by atoms with Crippen LogP contribution in [0.4, 0.5) is 0 Å². The molecule has 1 fully saturated rings. The van der Waals surface area contributed by atoms with E-state index in [1.54, 1.807) is 6.07 Å². The lowest BCUT2D eigenvalue weighted by Crippen LogP contribution is -2.45. The molecule has 7 heteroatoms. The van der Waals surface area contributed by atoms with Gasteiger partial charge in [-0.05, 0) is 12.5 Å². The van der Waals surface area contributed by atoms with Gasteiger partial charge in [0.05, 0.1) is 5.02 Å². The van der Waals surface area contributed by atoms with Crippen LogP contribution in [0.5, 0.6) is 5.75 Å². The van der Waals surface area contributed by atoms with Crippen molar-refractivity contribution in [1.29, 1.82) is 0 Å². The van der Waals surface area contributed by atoms with E-state index in [0.29, 0.717) is 5.02 Å². The lowest BCUT2D eigenvalue weighted by molar-refractivity contribution is 0.162. The molecule has 0 bridgehead atoms. The van der Waals surface area contributed by atoms with Gasteiger partial charge in [-0.3, -0.25) is 4.90 Å². The summed E-state index contributed by atoms with van der Waals surface area (Å²) in [5, 5.41) is 14.3. The number of piperazine rings is 1. The van der Waals surface area contributed by atoms with Gasteiger partial charge >= 0.3 is 0 Å². The zero-order valence-electron chi connectivity index (χ0n) is 11.9. The van der Waals surface area contributed by atoms with E-state index in [-0.39, 0.29) is 41.6 Å². The summed E-state index contributed by atoms with van der Waals surface area (Å²) in [6.07, 6.45) is 2.07. The van der Waals surface area contributed by atoms with E-state index < -0.39 is 0 Å². The zero-order valence-corrected chi connectivity index (χ0v) is 15.1. The van der Waals surface area contributed by atoms with E-state index >= 15 is 0 Å². The third-order valence-corrected chi connectivity index (χ3v) is 4.41. The maximum absolute atomic E-state index is 10.2. The fraction of sp³-hybridized carbons (Fsp3) is 0.571. The quantitative estimate of drug-likeness (QED) is 0.823. The molecule has 2 rings (SSSR count). The van der Waals surface area contributed by atoms with Crippen LogP contribution in [-0.2, 0) is 0 Å². The second-order valence-corrected chi connectivity index (χ2v) is 5.67. The molecule has 2 N–H and O–H groups in total. The Morgan fingerprint density at radius 1 is 1.24 bits per heavy atom. The van der Waals surface area contributed by atoms with Crippen molar-refractivity contribution in [3.05, 3.63) is 27.7 Å². The van der Waals surface area contributed by atoms with Crippen LogP contribution in [0.3, 0.4) is 0 Å². The molecule has 1 aromatic rings. The summed E-state index contributed by atoms with van der Waals surface area (Å²) in [5.41, 5.74) is 0.887. The van der Waals surface area contributed by atoms with Crippen molar-refractivity contribution >= 4 is 48.0 Å². The number of hydrogen-bond acceptors (Lipinski definition) is 3. The average molecular weight is 376 g/mol.